The van der Waals surface area contributed by atoms with E-state index in [1.807, 2.05) is 19.1 Å². The SMILES string of the molecule is CCOCCCN1C(=O)/C(=C\c2cc(Br)c3c(c2)OCO3)NC1=S. The van der Waals surface area contributed by atoms with E-state index in [9.17, 15) is 4.79 Å². The highest BCUT2D eigenvalue weighted by atomic mass is 79.9. The Morgan fingerprint density at radius 3 is 3.08 bits per heavy atom. The number of hydrogen-bond donors (Lipinski definition) is 1. The number of rotatable bonds is 6. The molecule has 1 N–H and O–H groups in total. The molecule has 0 spiro atoms. The summed E-state index contributed by atoms with van der Waals surface area (Å²) in [5.41, 5.74) is 1.27. The number of fused-ring (bicyclic) bond motifs is 1. The second-order valence-electron chi connectivity index (χ2n) is 5.23. The summed E-state index contributed by atoms with van der Waals surface area (Å²) in [5, 5.41) is 3.39. The van der Waals surface area contributed by atoms with Crippen LogP contribution in [-0.4, -0.2) is 42.5 Å². The van der Waals surface area contributed by atoms with E-state index in [2.05, 4.69) is 21.2 Å². The number of nitrogens with one attached hydrogen (secondary N) is 1. The molecule has 0 aromatic heterocycles. The van der Waals surface area contributed by atoms with Crippen LogP contribution in [0.2, 0.25) is 0 Å². The molecular weight excluding hydrogens is 396 g/mol. The zero-order valence-corrected chi connectivity index (χ0v) is 15.5. The van der Waals surface area contributed by atoms with Crippen LogP contribution in [0.1, 0.15) is 18.9 Å². The lowest BCUT2D eigenvalue weighted by molar-refractivity contribution is -0.122. The lowest BCUT2D eigenvalue weighted by atomic mass is 10.1. The highest BCUT2D eigenvalue weighted by Gasteiger charge is 2.30. The molecule has 6 nitrogen and oxygen atoms in total. The van der Waals surface area contributed by atoms with Gasteiger partial charge in [0.15, 0.2) is 16.6 Å². The van der Waals surface area contributed by atoms with E-state index < -0.39 is 0 Å². The molecule has 0 radical (unpaired) electrons. The van der Waals surface area contributed by atoms with Gasteiger partial charge in [-0.15, -0.1) is 0 Å². The fourth-order valence-electron chi connectivity index (χ4n) is 2.48. The number of carbonyl (C=O) groups excluding carboxylic acids is 1. The van der Waals surface area contributed by atoms with Gasteiger partial charge >= 0.3 is 0 Å². The molecule has 0 bridgehead atoms. The summed E-state index contributed by atoms with van der Waals surface area (Å²) < 4.78 is 16.8. The Balaban J connectivity index is 1.73. The largest absolute Gasteiger partial charge is 0.454 e. The third kappa shape index (κ3) is 3.55. The molecule has 1 aromatic carbocycles. The predicted molar refractivity (Wildman–Crippen MR) is 96.8 cm³/mol. The van der Waals surface area contributed by atoms with Gasteiger partial charge in [-0.1, -0.05) is 0 Å². The van der Waals surface area contributed by atoms with E-state index in [4.69, 9.17) is 26.4 Å². The average molecular weight is 413 g/mol. The van der Waals surface area contributed by atoms with Crippen molar-refractivity contribution in [1.82, 2.24) is 10.2 Å². The standard InChI is InChI=1S/C16H17BrN2O4S/c1-2-21-5-3-4-19-15(20)12(18-16(19)24)7-10-6-11(17)14-13(8-10)22-9-23-14/h6-8H,2-5,9H2,1H3,(H,18,24)/b12-7+. The van der Waals surface area contributed by atoms with Crippen LogP contribution in [0.5, 0.6) is 11.5 Å². The highest BCUT2D eigenvalue weighted by Crippen LogP contribution is 2.40. The monoisotopic (exact) mass is 412 g/mol. The van der Waals surface area contributed by atoms with E-state index in [0.29, 0.717) is 42.1 Å². The third-order valence-electron chi connectivity index (χ3n) is 3.60. The maximum Gasteiger partial charge on any atom is 0.276 e. The molecular formula is C16H17BrN2O4S. The molecule has 8 heteroatoms. The topological polar surface area (TPSA) is 60.0 Å². The molecule has 2 aliphatic rings. The summed E-state index contributed by atoms with van der Waals surface area (Å²) in [6.45, 7) is 3.95. The molecule has 1 amide bonds. The van der Waals surface area contributed by atoms with E-state index in [0.717, 1.165) is 16.5 Å². The molecule has 1 fully saturated rings. The predicted octanol–water partition coefficient (Wildman–Crippen LogP) is 2.66. The van der Waals surface area contributed by atoms with Crippen molar-refractivity contribution in [3.05, 3.63) is 27.9 Å². The summed E-state index contributed by atoms with van der Waals surface area (Å²) in [7, 11) is 0. The quantitative estimate of drug-likeness (QED) is 0.440. The molecule has 3 rings (SSSR count). The van der Waals surface area contributed by atoms with Gasteiger partial charge in [-0.3, -0.25) is 9.69 Å². The summed E-state index contributed by atoms with van der Waals surface area (Å²) >= 11 is 8.70. The molecule has 24 heavy (non-hydrogen) atoms. The average Bonchev–Trinajstić information content (AvgIpc) is 3.11. The fraction of sp³-hybridized carbons (Fsp3) is 0.375. The minimum absolute atomic E-state index is 0.134. The lowest BCUT2D eigenvalue weighted by Gasteiger charge is -2.13. The van der Waals surface area contributed by atoms with Crippen molar-refractivity contribution in [1.29, 1.82) is 0 Å². The molecule has 1 aromatic rings. The van der Waals surface area contributed by atoms with Gasteiger partial charge in [0.05, 0.1) is 4.47 Å². The van der Waals surface area contributed by atoms with Gasteiger partial charge < -0.3 is 19.5 Å². The second-order valence-corrected chi connectivity index (χ2v) is 6.47. The normalized spacial score (nSPS) is 17.8. The zero-order valence-electron chi connectivity index (χ0n) is 13.1. The number of thiocarbonyl (C=S) groups is 1. The van der Waals surface area contributed by atoms with Crippen LogP contribution in [0, 0.1) is 0 Å². The first-order valence-corrected chi connectivity index (χ1v) is 8.81. The maximum absolute atomic E-state index is 12.5. The van der Waals surface area contributed by atoms with Gasteiger partial charge in [0.1, 0.15) is 5.70 Å². The van der Waals surface area contributed by atoms with Gasteiger partial charge in [0, 0.05) is 19.8 Å². The number of amides is 1. The van der Waals surface area contributed by atoms with Crippen molar-refractivity contribution in [3.63, 3.8) is 0 Å². The molecule has 0 aliphatic carbocycles. The maximum atomic E-state index is 12.5. The molecule has 128 valence electrons. The minimum Gasteiger partial charge on any atom is -0.454 e. The third-order valence-corrected chi connectivity index (χ3v) is 4.51. The van der Waals surface area contributed by atoms with Crippen LogP contribution in [0.25, 0.3) is 6.08 Å². The minimum atomic E-state index is -0.134. The first kappa shape index (κ1) is 17.2. The number of carbonyl (C=O) groups is 1. The van der Waals surface area contributed by atoms with Gasteiger partial charge in [0.25, 0.3) is 5.91 Å². The Morgan fingerprint density at radius 2 is 2.29 bits per heavy atom. The first-order valence-electron chi connectivity index (χ1n) is 7.61. The van der Waals surface area contributed by atoms with Crippen molar-refractivity contribution < 1.29 is 19.0 Å². The highest BCUT2D eigenvalue weighted by molar-refractivity contribution is 9.10. The van der Waals surface area contributed by atoms with Crippen molar-refractivity contribution in [3.8, 4) is 11.5 Å². The van der Waals surface area contributed by atoms with Gasteiger partial charge in [0.2, 0.25) is 6.79 Å². The van der Waals surface area contributed by atoms with Crippen LogP contribution in [0.4, 0.5) is 0 Å². The second kappa shape index (κ2) is 7.50. The zero-order chi connectivity index (χ0) is 17.1. The van der Waals surface area contributed by atoms with Crippen LogP contribution in [-0.2, 0) is 9.53 Å². The summed E-state index contributed by atoms with van der Waals surface area (Å²) in [4.78, 5) is 14.1. The fourth-order valence-corrected chi connectivity index (χ4v) is 3.34. The lowest BCUT2D eigenvalue weighted by Crippen LogP contribution is -2.32. The number of hydrogen-bond acceptors (Lipinski definition) is 5. The van der Waals surface area contributed by atoms with Crippen LogP contribution in [0.15, 0.2) is 22.3 Å². The van der Waals surface area contributed by atoms with Gasteiger partial charge in [-0.05, 0) is 65.3 Å². The van der Waals surface area contributed by atoms with Crippen molar-refractivity contribution >= 4 is 45.2 Å². The first-order chi connectivity index (χ1) is 11.6. The molecule has 2 aliphatic heterocycles. The molecule has 2 heterocycles. The molecule has 1 saturated heterocycles. The number of benzene rings is 1. The molecule has 0 atom stereocenters. The van der Waals surface area contributed by atoms with E-state index in [-0.39, 0.29) is 12.7 Å². The Kier molecular flexibility index (Phi) is 5.37. The van der Waals surface area contributed by atoms with Crippen molar-refractivity contribution in [2.45, 2.75) is 13.3 Å². The summed E-state index contributed by atoms with van der Waals surface area (Å²) in [6.07, 6.45) is 2.49. The summed E-state index contributed by atoms with van der Waals surface area (Å²) in [5.74, 6) is 1.19. The number of nitrogens with zero attached hydrogens (tertiary/aromatic N) is 1. The van der Waals surface area contributed by atoms with Crippen LogP contribution < -0.4 is 14.8 Å². The Labute approximate surface area is 153 Å². The van der Waals surface area contributed by atoms with Crippen LogP contribution in [0.3, 0.4) is 0 Å². The summed E-state index contributed by atoms with van der Waals surface area (Å²) in [6, 6.07) is 3.70. The van der Waals surface area contributed by atoms with Crippen molar-refractivity contribution in [2.24, 2.45) is 0 Å². The smallest absolute Gasteiger partial charge is 0.276 e. The van der Waals surface area contributed by atoms with Crippen molar-refractivity contribution in [2.75, 3.05) is 26.6 Å². The van der Waals surface area contributed by atoms with E-state index in [1.54, 1.807) is 11.0 Å². The number of halogens is 1. The van der Waals surface area contributed by atoms with E-state index in [1.165, 1.54) is 0 Å². The Bertz CT molecular complexity index is 708. The van der Waals surface area contributed by atoms with Gasteiger partial charge in [-0.25, -0.2) is 0 Å². The van der Waals surface area contributed by atoms with Gasteiger partial charge in [-0.2, -0.15) is 0 Å². The Morgan fingerprint density at radius 1 is 1.46 bits per heavy atom. The Hall–Kier alpha value is -1.64. The molecule has 0 saturated carbocycles. The molecule has 0 unspecified atom stereocenters. The number of ether oxygens (including phenoxy) is 3. The van der Waals surface area contributed by atoms with Crippen LogP contribution >= 0.6 is 28.1 Å². The van der Waals surface area contributed by atoms with E-state index >= 15 is 0 Å².